The van der Waals surface area contributed by atoms with Crippen molar-refractivity contribution in [1.82, 2.24) is 4.98 Å². The second kappa shape index (κ2) is 6.38. The monoisotopic (exact) mass is 360 g/mol. The maximum Gasteiger partial charge on any atom is 0.335 e. The van der Waals surface area contributed by atoms with Gasteiger partial charge in [0.15, 0.2) is 0 Å². The molecule has 1 N–H and O–H groups in total. The largest absolute Gasteiger partial charge is 0.478 e. The highest BCUT2D eigenvalue weighted by atomic mass is 16.5. The topological polar surface area (TPSA) is 96.8 Å². The molecule has 0 radical (unpaired) electrons. The van der Waals surface area contributed by atoms with Gasteiger partial charge in [0, 0.05) is 6.20 Å². The van der Waals surface area contributed by atoms with Crippen molar-refractivity contribution in [1.29, 1.82) is 0 Å². The Labute approximate surface area is 153 Å². The number of fused-ring (bicyclic) bond motifs is 1. The second-order valence-corrected chi connectivity index (χ2v) is 5.77. The number of rotatable bonds is 4. The maximum absolute atomic E-state index is 12.7. The van der Waals surface area contributed by atoms with Crippen LogP contribution in [0.1, 0.15) is 31.1 Å². The average molecular weight is 360 g/mol. The van der Waals surface area contributed by atoms with Gasteiger partial charge in [0.25, 0.3) is 11.8 Å². The third-order valence-electron chi connectivity index (χ3n) is 4.07. The van der Waals surface area contributed by atoms with Crippen LogP contribution in [0.3, 0.4) is 0 Å². The molecular formula is C20H12N2O5. The van der Waals surface area contributed by atoms with Crippen LogP contribution in [0.4, 0.5) is 5.82 Å². The molecular weight excluding hydrogens is 348 g/mol. The number of hydrogen-bond acceptors (Lipinski definition) is 5. The molecule has 0 unspecified atom stereocenters. The number of carboxylic acid groups (broad SMARTS) is 1. The molecule has 4 rings (SSSR count). The van der Waals surface area contributed by atoms with E-state index in [4.69, 9.17) is 9.84 Å². The minimum atomic E-state index is -1.03. The van der Waals surface area contributed by atoms with Gasteiger partial charge in [-0.15, -0.1) is 0 Å². The summed E-state index contributed by atoms with van der Waals surface area (Å²) in [5.74, 6) is -0.904. The van der Waals surface area contributed by atoms with Crippen molar-refractivity contribution < 1.29 is 24.2 Å². The average Bonchev–Trinajstić information content (AvgIpc) is 2.93. The summed E-state index contributed by atoms with van der Waals surface area (Å²) in [5, 5.41) is 8.92. The van der Waals surface area contributed by atoms with Gasteiger partial charge in [0.2, 0.25) is 0 Å². The molecule has 2 aromatic carbocycles. The van der Waals surface area contributed by atoms with Crippen LogP contribution in [0.2, 0.25) is 0 Å². The van der Waals surface area contributed by atoms with Gasteiger partial charge in [-0.25, -0.2) is 14.7 Å². The quantitative estimate of drug-likeness (QED) is 0.717. The third kappa shape index (κ3) is 2.91. The first kappa shape index (κ1) is 16.5. The Morgan fingerprint density at radius 1 is 0.889 bits per heavy atom. The van der Waals surface area contributed by atoms with Gasteiger partial charge >= 0.3 is 5.97 Å². The van der Waals surface area contributed by atoms with Crippen molar-refractivity contribution in [3.63, 3.8) is 0 Å². The fourth-order valence-electron chi connectivity index (χ4n) is 2.78. The van der Waals surface area contributed by atoms with E-state index < -0.39 is 17.8 Å². The molecule has 27 heavy (non-hydrogen) atoms. The Hall–Kier alpha value is -4.00. The van der Waals surface area contributed by atoms with Gasteiger partial charge in [-0.05, 0) is 54.6 Å². The van der Waals surface area contributed by atoms with E-state index in [0.29, 0.717) is 11.5 Å². The first-order valence-electron chi connectivity index (χ1n) is 7.99. The van der Waals surface area contributed by atoms with E-state index in [0.717, 1.165) is 4.90 Å². The van der Waals surface area contributed by atoms with Crippen molar-refractivity contribution in [2.45, 2.75) is 0 Å². The number of carboxylic acids is 1. The summed E-state index contributed by atoms with van der Waals surface area (Å²) in [6, 6.07) is 15.5. The lowest BCUT2D eigenvalue weighted by Gasteiger charge is -2.11. The van der Waals surface area contributed by atoms with E-state index in [-0.39, 0.29) is 22.5 Å². The molecule has 0 spiro atoms. The molecule has 1 aromatic heterocycles. The number of amides is 2. The first-order valence-corrected chi connectivity index (χ1v) is 7.99. The van der Waals surface area contributed by atoms with E-state index in [1.807, 2.05) is 0 Å². The van der Waals surface area contributed by atoms with Gasteiger partial charge in [0.05, 0.1) is 16.7 Å². The fourth-order valence-corrected chi connectivity index (χ4v) is 2.78. The molecule has 0 fully saturated rings. The Morgan fingerprint density at radius 2 is 1.59 bits per heavy atom. The number of anilines is 1. The lowest BCUT2D eigenvalue weighted by Crippen LogP contribution is -2.30. The van der Waals surface area contributed by atoms with E-state index in [2.05, 4.69) is 4.98 Å². The van der Waals surface area contributed by atoms with Crippen molar-refractivity contribution in [2.75, 3.05) is 4.90 Å². The van der Waals surface area contributed by atoms with Gasteiger partial charge in [-0.1, -0.05) is 6.07 Å². The lowest BCUT2D eigenvalue weighted by atomic mass is 10.1. The predicted octanol–water partition coefficient (Wildman–Crippen LogP) is 3.37. The molecule has 2 heterocycles. The number of hydrogen-bond donors (Lipinski definition) is 1. The van der Waals surface area contributed by atoms with E-state index in [1.54, 1.807) is 24.3 Å². The highest BCUT2D eigenvalue weighted by molar-refractivity contribution is 6.34. The predicted molar refractivity (Wildman–Crippen MR) is 95.3 cm³/mol. The van der Waals surface area contributed by atoms with Gasteiger partial charge in [0.1, 0.15) is 17.3 Å². The Bertz CT molecular complexity index is 1060. The highest BCUT2D eigenvalue weighted by Crippen LogP contribution is 2.31. The smallest absolute Gasteiger partial charge is 0.335 e. The van der Waals surface area contributed by atoms with Crippen molar-refractivity contribution in [3.8, 4) is 11.5 Å². The van der Waals surface area contributed by atoms with Crippen LogP contribution in [-0.2, 0) is 0 Å². The second-order valence-electron chi connectivity index (χ2n) is 5.77. The fraction of sp³-hybridized carbons (Fsp3) is 0. The van der Waals surface area contributed by atoms with E-state index >= 15 is 0 Å². The van der Waals surface area contributed by atoms with Gasteiger partial charge in [-0.2, -0.15) is 0 Å². The maximum atomic E-state index is 12.7. The summed E-state index contributed by atoms with van der Waals surface area (Å²) in [4.78, 5) is 41.2. The molecule has 0 aliphatic carbocycles. The Kier molecular flexibility index (Phi) is 3.89. The molecule has 0 bridgehead atoms. The van der Waals surface area contributed by atoms with Crippen LogP contribution in [0.15, 0.2) is 66.9 Å². The summed E-state index contributed by atoms with van der Waals surface area (Å²) in [6.07, 6.45) is 1.51. The number of imide groups is 1. The first-order chi connectivity index (χ1) is 13.0. The molecule has 132 valence electrons. The molecule has 1 aliphatic heterocycles. The summed E-state index contributed by atoms with van der Waals surface area (Å²) < 4.78 is 5.67. The zero-order valence-electron chi connectivity index (χ0n) is 13.8. The number of nitrogens with zero attached hydrogens (tertiary/aromatic N) is 2. The van der Waals surface area contributed by atoms with Crippen molar-refractivity contribution in [3.05, 3.63) is 83.6 Å². The molecule has 0 saturated carbocycles. The molecule has 7 nitrogen and oxygen atoms in total. The standard InChI is InChI=1S/C20H12N2O5/c23-18-15-9-8-14(27-13-6-4-12(5-7-13)20(25)26)11-16(15)19(24)22(18)17-3-1-2-10-21-17/h1-11H,(H,25,26). The number of ether oxygens (including phenoxy) is 1. The van der Waals surface area contributed by atoms with Crippen molar-refractivity contribution in [2.24, 2.45) is 0 Å². The SMILES string of the molecule is O=C(O)c1ccc(Oc2ccc3c(c2)C(=O)N(c2ccccn2)C3=O)cc1. The van der Waals surface area contributed by atoms with E-state index in [9.17, 15) is 14.4 Å². The Morgan fingerprint density at radius 3 is 2.26 bits per heavy atom. The summed E-state index contributed by atoms with van der Waals surface area (Å²) in [7, 11) is 0. The minimum absolute atomic E-state index is 0.142. The molecule has 7 heteroatoms. The van der Waals surface area contributed by atoms with Gasteiger partial charge < -0.3 is 9.84 Å². The van der Waals surface area contributed by atoms with Gasteiger partial charge in [-0.3, -0.25) is 9.59 Å². The molecule has 0 atom stereocenters. The van der Waals surface area contributed by atoms with Crippen LogP contribution in [0.5, 0.6) is 11.5 Å². The summed E-state index contributed by atoms with van der Waals surface area (Å²) >= 11 is 0. The van der Waals surface area contributed by atoms with Crippen LogP contribution in [0, 0.1) is 0 Å². The van der Waals surface area contributed by atoms with Crippen LogP contribution in [-0.4, -0.2) is 27.9 Å². The molecule has 2 amide bonds. The van der Waals surface area contributed by atoms with Crippen LogP contribution >= 0.6 is 0 Å². The third-order valence-corrected chi connectivity index (χ3v) is 4.07. The number of aromatic nitrogens is 1. The number of aromatic carboxylic acids is 1. The zero-order valence-corrected chi connectivity index (χ0v) is 13.8. The summed E-state index contributed by atoms with van der Waals surface area (Å²) in [6.45, 7) is 0. The Balaban J connectivity index is 1.62. The number of benzene rings is 2. The highest BCUT2D eigenvalue weighted by Gasteiger charge is 2.37. The molecule has 0 saturated heterocycles. The van der Waals surface area contributed by atoms with Crippen LogP contribution < -0.4 is 9.64 Å². The minimum Gasteiger partial charge on any atom is -0.478 e. The lowest BCUT2D eigenvalue weighted by molar-refractivity contribution is 0.0696. The molecule has 1 aliphatic rings. The van der Waals surface area contributed by atoms with Crippen molar-refractivity contribution >= 4 is 23.6 Å². The number of carbonyl (C=O) groups is 3. The number of carbonyl (C=O) groups excluding carboxylic acids is 2. The zero-order chi connectivity index (χ0) is 19.0. The summed E-state index contributed by atoms with van der Waals surface area (Å²) in [5.41, 5.74) is 0.646. The van der Waals surface area contributed by atoms with E-state index in [1.165, 1.54) is 42.6 Å². The molecule has 3 aromatic rings. The normalized spacial score (nSPS) is 12.8. The number of pyridine rings is 1. The van der Waals surface area contributed by atoms with Crippen LogP contribution in [0.25, 0.3) is 0 Å².